The highest BCUT2D eigenvalue weighted by atomic mass is 127. The molecule has 0 aromatic rings. The van der Waals surface area contributed by atoms with Gasteiger partial charge < -0.3 is 4.74 Å². The lowest BCUT2D eigenvalue weighted by Gasteiger charge is -2.11. The largest absolute Gasteiger partial charge is 0.484 e. The van der Waals surface area contributed by atoms with Crippen LogP contribution in [-0.4, -0.2) is 4.11 Å². The molecule has 2 atom stereocenters. The van der Waals surface area contributed by atoms with Gasteiger partial charge in [0.2, 0.25) is 0 Å². The molecule has 0 aromatic carbocycles. The minimum atomic E-state index is 0.347. The van der Waals surface area contributed by atoms with Gasteiger partial charge in [0.25, 0.3) is 0 Å². The number of fused-ring (bicyclic) bond motifs is 1. The van der Waals surface area contributed by atoms with Crippen molar-refractivity contribution in [3.8, 4) is 0 Å². The van der Waals surface area contributed by atoms with Gasteiger partial charge in [-0.1, -0.05) is 11.6 Å². The van der Waals surface area contributed by atoms with Gasteiger partial charge in [-0.3, -0.25) is 0 Å². The van der Waals surface area contributed by atoms with E-state index in [1.165, 1.54) is 0 Å². The second-order valence-corrected chi connectivity index (χ2v) is 4.72. The van der Waals surface area contributed by atoms with Gasteiger partial charge in [-0.05, 0) is 41.2 Å². The summed E-state index contributed by atoms with van der Waals surface area (Å²) in [5.74, 6) is 1.67. The van der Waals surface area contributed by atoms with Crippen LogP contribution in [-0.2, 0) is 4.74 Å². The molecule has 1 fully saturated rings. The van der Waals surface area contributed by atoms with E-state index in [-0.39, 0.29) is 0 Å². The molecule has 0 N–H and O–H groups in total. The first-order valence-electron chi connectivity index (χ1n) is 3.62. The molecular formula is C8H8ClIO. The monoisotopic (exact) mass is 282 g/mol. The molecule has 1 nitrogen and oxygen atoms in total. The summed E-state index contributed by atoms with van der Waals surface area (Å²) in [5.41, 5.74) is 0. The third kappa shape index (κ3) is 1.56. The summed E-state index contributed by atoms with van der Waals surface area (Å²) in [5, 5.41) is 0.952. The topological polar surface area (TPSA) is 9.23 Å². The Morgan fingerprint density at radius 3 is 3.18 bits per heavy atom. The lowest BCUT2D eigenvalue weighted by molar-refractivity contribution is 0.243. The molecule has 0 bridgehead atoms. The zero-order valence-electron chi connectivity index (χ0n) is 5.89. The summed E-state index contributed by atoms with van der Waals surface area (Å²) in [7, 11) is 0. The predicted molar refractivity (Wildman–Crippen MR) is 53.6 cm³/mol. The molecule has 0 aromatic heterocycles. The first kappa shape index (κ1) is 7.92. The Bertz CT molecular complexity index is 234. The maximum atomic E-state index is 5.89. The van der Waals surface area contributed by atoms with E-state index in [1.807, 2.05) is 12.2 Å². The summed E-state index contributed by atoms with van der Waals surface area (Å²) >= 11 is 8.20. The summed E-state index contributed by atoms with van der Waals surface area (Å²) in [6.45, 7) is 0. The highest BCUT2D eigenvalue weighted by Gasteiger charge is 2.30. The number of alkyl halides is 1. The van der Waals surface area contributed by atoms with Crippen LogP contribution in [0.3, 0.4) is 0 Å². The Morgan fingerprint density at radius 1 is 1.55 bits per heavy atom. The van der Waals surface area contributed by atoms with Gasteiger partial charge in [0.05, 0.1) is 0 Å². The average molecular weight is 283 g/mol. The molecule has 60 valence electrons. The first-order chi connectivity index (χ1) is 5.25. The Hall–Kier alpha value is 0.300. The Labute approximate surface area is 84.6 Å². The van der Waals surface area contributed by atoms with Crippen LogP contribution in [0.5, 0.6) is 0 Å². The van der Waals surface area contributed by atoms with Crippen LogP contribution in [0.2, 0.25) is 0 Å². The van der Waals surface area contributed by atoms with Crippen LogP contribution in [0, 0.1) is 5.92 Å². The van der Waals surface area contributed by atoms with E-state index < -0.39 is 0 Å². The van der Waals surface area contributed by atoms with Crippen molar-refractivity contribution in [3.63, 3.8) is 0 Å². The summed E-state index contributed by atoms with van der Waals surface area (Å²) in [6, 6.07) is 0. The van der Waals surface area contributed by atoms with E-state index in [1.54, 1.807) is 0 Å². The van der Waals surface area contributed by atoms with Crippen molar-refractivity contribution in [1.29, 1.82) is 0 Å². The molecule has 2 aliphatic rings. The smallest absolute Gasteiger partial charge is 0.149 e. The maximum absolute atomic E-state index is 5.89. The van der Waals surface area contributed by atoms with Crippen molar-refractivity contribution < 1.29 is 4.74 Å². The SMILES string of the molecule is ClC1=CC=C2OC(I)CC2C1. The highest BCUT2D eigenvalue weighted by Crippen LogP contribution is 2.40. The Balaban J connectivity index is 2.18. The van der Waals surface area contributed by atoms with E-state index in [4.69, 9.17) is 16.3 Å². The molecular weight excluding hydrogens is 274 g/mol. The lowest BCUT2D eigenvalue weighted by Crippen LogP contribution is -2.00. The fraction of sp³-hybridized carbons (Fsp3) is 0.500. The zero-order valence-corrected chi connectivity index (χ0v) is 8.80. The van der Waals surface area contributed by atoms with Crippen molar-refractivity contribution >= 4 is 34.2 Å². The third-order valence-electron chi connectivity index (χ3n) is 2.01. The second kappa shape index (κ2) is 2.98. The normalized spacial score (nSPS) is 35.5. The van der Waals surface area contributed by atoms with E-state index in [2.05, 4.69) is 22.6 Å². The number of ether oxygens (including phenoxy) is 1. The molecule has 3 heteroatoms. The molecule has 1 aliphatic carbocycles. The van der Waals surface area contributed by atoms with Crippen LogP contribution >= 0.6 is 34.2 Å². The van der Waals surface area contributed by atoms with Crippen molar-refractivity contribution in [1.82, 2.24) is 0 Å². The van der Waals surface area contributed by atoms with Crippen LogP contribution < -0.4 is 0 Å². The van der Waals surface area contributed by atoms with E-state index in [0.29, 0.717) is 10.0 Å². The predicted octanol–water partition coefficient (Wildman–Crippen LogP) is 3.19. The molecule has 11 heavy (non-hydrogen) atoms. The van der Waals surface area contributed by atoms with Crippen molar-refractivity contribution in [2.24, 2.45) is 5.92 Å². The van der Waals surface area contributed by atoms with Crippen LogP contribution in [0.4, 0.5) is 0 Å². The molecule has 1 saturated heterocycles. The second-order valence-electron chi connectivity index (χ2n) is 2.85. The fourth-order valence-corrected chi connectivity index (χ4v) is 2.62. The van der Waals surface area contributed by atoms with Crippen molar-refractivity contribution in [2.45, 2.75) is 17.0 Å². The number of allylic oxidation sites excluding steroid dienone is 4. The fourth-order valence-electron chi connectivity index (χ4n) is 1.47. The Morgan fingerprint density at radius 2 is 2.36 bits per heavy atom. The van der Waals surface area contributed by atoms with Gasteiger partial charge in [-0.15, -0.1) is 0 Å². The van der Waals surface area contributed by atoms with Crippen LogP contribution in [0.1, 0.15) is 12.8 Å². The minimum absolute atomic E-state index is 0.347. The van der Waals surface area contributed by atoms with Crippen LogP contribution in [0.15, 0.2) is 22.9 Å². The maximum Gasteiger partial charge on any atom is 0.149 e. The summed E-state index contributed by atoms with van der Waals surface area (Å²) in [6.07, 6.45) is 6.00. The summed E-state index contributed by atoms with van der Waals surface area (Å²) in [4.78, 5) is 0. The molecule has 2 rings (SSSR count). The standard InChI is InChI=1S/C8H8ClIO/c9-6-1-2-7-5(3-6)4-8(10)11-7/h1-2,5,8H,3-4H2. The molecule has 0 amide bonds. The highest BCUT2D eigenvalue weighted by molar-refractivity contribution is 14.1. The van der Waals surface area contributed by atoms with Gasteiger partial charge >= 0.3 is 0 Å². The lowest BCUT2D eigenvalue weighted by atomic mass is 9.98. The zero-order chi connectivity index (χ0) is 7.84. The number of hydrogen-bond acceptors (Lipinski definition) is 1. The molecule has 0 radical (unpaired) electrons. The van der Waals surface area contributed by atoms with Crippen molar-refractivity contribution in [3.05, 3.63) is 22.9 Å². The van der Waals surface area contributed by atoms with Gasteiger partial charge in [-0.25, -0.2) is 0 Å². The van der Waals surface area contributed by atoms with E-state index in [9.17, 15) is 0 Å². The first-order valence-corrected chi connectivity index (χ1v) is 5.25. The number of halogens is 2. The van der Waals surface area contributed by atoms with Gasteiger partial charge in [0.1, 0.15) is 9.87 Å². The average Bonchev–Trinajstić information content (AvgIpc) is 2.27. The van der Waals surface area contributed by atoms with E-state index in [0.717, 1.165) is 23.6 Å². The molecule has 1 aliphatic heterocycles. The summed E-state index contributed by atoms with van der Waals surface area (Å²) < 4.78 is 5.91. The van der Waals surface area contributed by atoms with Crippen LogP contribution in [0.25, 0.3) is 0 Å². The quantitative estimate of drug-likeness (QED) is 0.490. The molecule has 0 spiro atoms. The van der Waals surface area contributed by atoms with Crippen molar-refractivity contribution in [2.75, 3.05) is 0 Å². The van der Waals surface area contributed by atoms with E-state index >= 15 is 0 Å². The Kier molecular flexibility index (Phi) is 2.14. The van der Waals surface area contributed by atoms with Gasteiger partial charge in [0, 0.05) is 17.4 Å². The minimum Gasteiger partial charge on any atom is -0.484 e. The molecule has 0 saturated carbocycles. The van der Waals surface area contributed by atoms with Gasteiger partial charge in [-0.2, -0.15) is 0 Å². The number of rotatable bonds is 0. The molecule has 1 heterocycles. The number of hydrogen-bond donors (Lipinski definition) is 0. The van der Waals surface area contributed by atoms with Gasteiger partial charge in [0.15, 0.2) is 0 Å². The molecule has 2 unspecified atom stereocenters. The third-order valence-corrected chi connectivity index (χ3v) is 3.05.